The van der Waals surface area contributed by atoms with Gasteiger partial charge in [-0.15, -0.1) is 6.58 Å². The Bertz CT molecular complexity index is 568. The second kappa shape index (κ2) is 8.13. The molecular weight excluding hydrogens is 291 g/mol. The highest BCUT2D eigenvalue weighted by atomic mass is 32.1. The van der Waals surface area contributed by atoms with E-state index in [4.69, 9.17) is 12.2 Å². The molecule has 1 aromatic carbocycles. The predicted molar refractivity (Wildman–Crippen MR) is 102 cm³/mol. The smallest absolute Gasteiger partial charge is 0.232 e. The Morgan fingerprint density at radius 3 is 2.55 bits per heavy atom. The molecule has 118 valence electrons. The second-order valence-corrected chi connectivity index (χ2v) is 6.12. The average molecular weight is 316 g/mol. The first-order valence-electron chi connectivity index (χ1n) is 7.69. The molecule has 0 aliphatic heterocycles. The number of allylic oxidation sites excluding steroid dienone is 1. The van der Waals surface area contributed by atoms with Crippen LogP contribution in [0.1, 0.15) is 38.7 Å². The van der Waals surface area contributed by atoms with Gasteiger partial charge in [0.15, 0.2) is 5.11 Å². The summed E-state index contributed by atoms with van der Waals surface area (Å²) >= 11 is 5.28. The van der Waals surface area contributed by atoms with Crippen molar-refractivity contribution < 1.29 is 4.79 Å². The van der Waals surface area contributed by atoms with Crippen molar-refractivity contribution >= 4 is 42.2 Å². The fourth-order valence-electron chi connectivity index (χ4n) is 2.57. The molecule has 5 heteroatoms. The maximum atomic E-state index is 12.6. The van der Waals surface area contributed by atoms with Crippen LogP contribution in [-0.2, 0) is 4.79 Å². The van der Waals surface area contributed by atoms with E-state index in [0.29, 0.717) is 11.5 Å². The van der Waals surface area contributed by atoms with E-state index in [1.165, 1.54) is 5.46 Å². The second-order valence-electron chi connectivity index (χ2n) is 5.71. The van der Waals surface area contributed by atoms with Gasteiger partial charge < -0.3 is 10.6 Å². The molecule has 22 heavy (non-hydrogen) atoms. The van der Waals surface area contributed by atoms with Crippen molar-refractivity contribution in [1.82, 2.24) is 5.32 Å². The summed E-state index contributed by atoms with van der Waals surface area (Å²) in [7, 11) is 2.04. The maximum absolute atomic E-state index is 12.6. The number of carbonyl (C=O) groups excluding carboxylic acids is 1. The van der Waals surface area contributed by atoms with Crippen LogP contribution in [-0.4, -0.2) is 18.9 Å². The number of anilines is 1. The van der Waals surface area contributed by atoms with Gasteiger partial charge in [0.25, 0.3) is 0 Å². The Kier molecular flexibility index (Phi) is 6.81. The molecule has 0 aromatic heterocycles. The molecule has 0 saturated carbocycles. The van der Waals surface area contributed by atoms with Gasteiger partial charge in [0.05, 0.1) is 5.41 Å². The van der Waals surface area contributed by atoms with Crippen molar-refractivity contribution in [2.45, 2.75) is 40.0 Å². The van der Waals surface area contributed by atoms with Crippen molar-refractivity contribution in [1.29, 1.82) is 0 Å². The normalized spacial score (nSPS) is 10.9. The molecular formula is C17H25BN2OS. The SMILES string of the molecule is Bc1ccc(NC(=S)NC(=O)C(CC)(CC)CC=C)c(C)c1. The van der Waals surface area contributed by atoms with Gasteiger partial charge in [0, 0.05) is 5.69 Å². The summed E-state index contributed by atoms with van der Waals surface area (Å²) in [6, 6.07) is 6.06. The highest BCUT2D eigenvalue weighted by Gasteiger charge is 2.33. The molecule has 0 bridgehead atoms. The molecule has 3 nitrogen and oxygen atoms in total. The Hall–Kier alpha value is -1.62. The lowest BCUT2D eigenvalue weighted by molar-refractivity contribution is -0.129. The van der Waals surface area contributed by atoms with Crippen LogP contribution in [0.5, 0.6) is 0 Å². The zero-order valence-corrected chi connectivity index (χ0v) is 14.8. The van der Waals surface area contributed by atoms with E-state index in [1.807, 2.05) is 40.8 Å². The third kappa shape index (κ3) is 4.44. The van der Waals surface area contributed by atoms with Gasteiger partial charge in [-0.2, -0.15) is 0 Å². The van der Waals surface area contributed by atoms with Gasteiger partial charge >= 0.3 is 0 Å². The molecule has 0 radical (unpaired) electrons. The number of hydrogen-bond acceptors (Lipinski definition) is 2. The van der Waals surface area contributed by atoms with Crippen LogP contribution in [0.25, 0.3) is 0 Å². The first kappa shape index (κ1) is 18.4. The van der Waals surface area contributed by atoms with Crippen LogP contribution < -0.4 is 16.1 Å². The Labute approximate surface area is 140 Å². The Balaban J connectivity index is 2.78. The predicted octanol–water partition coefficient (Wildman–Crippen LogP) is 2.45. The molecule has 0 aliphatic rings. The first-order valence-corrected chi connectivity index (χ1v) is 8.10. The number of rotatable bonds is 6. The fourth-order valence-corrected chi connectivity index (χ4v) is 2.77. The molecule has 0 atom stereocenters. The summed E-state index contributed by atoms with van der Waals surface area (Å²) in [5.41, 5.74) is 2.77. The van der Waals surface area contributed by atoms with Crippen molar-refractivity contribution in [3.05, 3.63) is 36.4 Å². The lowest BCUT2D eigenvalue weighted by atomic mass is 9.78. The molecule has 1 rings (SSSR count). The summed E-state index contributed by atoms with van der Waals surface area (Å²) in [4.78, 5) is 12.6. The minimum Gasteiger partial charge on any atom is -0.332 e. The van der Waals surface area contributed by atoms with E-state index in [-0.39, 0.29) is 5.91 Å². The average Bonchev–Trinajstić information content (AvgIpc) is 2.47. The van der Waals surface area contributed by atoms with Gasteiger partial charge in [0.2, 0.25) is 5.91 Å². The topological polar surface area (TPSA) is 41.1 Å². The van der Waals surface area contributed by atoms with E-state index in [2.05, 4.69) is 23.3 Å². The molecule has 0 spiro atoms. The van der Waals surface area contributed by atoms with E-state index in [0.717, 1.165) is 24.1 Å². The van der Waals surface area contributed by atoms with E-state index in [9.17, 15) is 4.79 Å². The first-order chi connectivity index (χ1) is 10.4. The number of amides is 1. The number of thiocarbonyl (C=S) groups is 1. The van der Waals surface area contributed by atoms with Crippen LogP contribution in [0, 0.1) is 12.3 Å². The largest absolute Gasteiger partial charge is 0.332 e. The Morgan fingerprint density at radius 1 is 1.41 bits per heavy atom. The van der Waals surface area contributed by atoms with Gasteiger partial charge in [-0.3, -0.25) is 4.79 Å². The summed E-state index contributed by atoms with van der Waals surface area (Å²) in [5, 5.41) is 6.28. The van der Waals surface area contributed by atoms with E-state index >= 15 is 0 Å². The monoisotopic (exact) mass is 316 g/mol. The summed E-state index contributed by atoms with van der Waals surface area (Å²) in [6.07, 6.45) is 3.96. The molecule has 1 aromatic rings. The summed E-state index contributed by atoms with van der Waals surface area (Å²) in [5.74, 6) is -0.0420. The zero-order valence-electron chi connectivity index (χ0n) is 14.0. The van der Waals surface area contributed by atoms with Crippen LogP contribution in [0.2, 0.25) is 0 Å². The third-order valence-corrected chi connectivity index (χ3v) is 4.43. The van der Waals surface area contributed by atoms with Crippen LogP contribution >= 0.6 is 12.2 Å². The molecule has 2 N–H and O–H groups in total. The molecule has 0 unspecified atom stereocenters. The standard InChI is InChI=1S/C17H25BN2OS/c1-5-10-17(6-2,7-3)15(21)20-16(22)19-14-9-8-13(18)11-12(14)4/h5,8-9,11H,1,6-7,10,18H2,2-4H3,(H2,19,20,21,22). The number of aryl methyl sites for hydroxylation is 1. The highest BCUT2D eigenvalue weighted by molar-refractivity contribution is 7.80. The van der Waals surface area contributed by atoms with Crippen LogP contribution in [0.4, 0.5) is 5.69 Å². The number of nitrogens with one attached hydrogen (secondary N) is 2. The van der Waals surface area contributed by atoms with Gasteiger partial charge in [-0.05, 0) is 50.0 Å². The Morgan fingerprint density at radius 2 is 2.05 bits per heavy atom. The minimum absolute atomic E-state index is 0.0420. The van der Waals surface area contributed by atoms with Crippen LogP contribution in [0.3, 0.4) is 0 Å². The van der Waals surface area contributed by atoms with Crippen molar-refractivity contribution in [3.8, 4) is 0 Å². The van der Waals surface area contributed by atoms with Gasteiger partial charge in [-0.25, -0.2) is 0 Å². The van der Waals surface area contributed by atoms with Gasteiger partial charge in [0.1, 0.15) is 7.85 Å². The molecule has 0 heterocycles. The summed E-state index contributed by atoms with van der Waals surface area (Å²) in [6.45, 7) is 9.82. The zero-order chi connectivity index (χ0) is 16.8. The molecule has 1 amide bonds. The van der Waals surface area contributed by atoms with Crippen molar-refractivity contribution in [3.63, 3.8) is 0 Å². The quantitative estimate of drug-likeness (QED) is 0.481. The van der Waals surface area contributed by atoms with Crippen LogP contribution in [0.15, 0.2) is 30.9 Å². The highest BCUT2D eigenvalue weighted by Crippen LogP contribution is 2.31. The molecule has 0 fully saturated rings. The molecule has 0 aliphatic carbocycles. The lowest BCUT2D eigenvalue weighted by Gasteiger charge is -2.29. The number of carbonyl (C=O) groups is 1. The maximum Gasteiger partial charge on any atom is 0.232 e. The van der Waals surface area contributed by atoms with E-state index < -0.39 is 5.41 Å². The van der Waals surface area contributed by atoms with E-state index in [1.54, 1.807) is 6.08 Å². The van der Waals surface area contributed by atoms with Crippen molar-refractivity contribution in [2.75, 3.05) is 5.32 Å². The number of benzene rings is 1. The van der Waals surface area contributed by atoms with Crippen molar-refractivity contribution in [2.24, 2.45) is 5.41 Å². The lowest BCUT2D eigenvalue weighted by Crippen LogP contribution is -2.44. The number of hydrogen-bond donors (Lipinski definition) is 2. The van der Waals surface area contributed by atoms with Gasteiger partial charge in [-0.1, -0.05) is 37.5 Å². The third-order valence-electron chi connectivity index (χ3n) is 4.23. The molecule has 0 saturated heterocycles. The summed E-state index contributed by atoms with van der Waals surface area (Å²) < 4.78 is 0. The minimum atomic E-state index is -0.435. The fraction of sp³-hybridized carbons (Fsp3) is 0.412.